The Hall–Kier alpha value is -2.85. The van der Waals surface area contributed by atoms with E-state index >= 15 is 0 Å². The minimum absolute atomic E-state index is 0.0969. The molecule has 0 saturated heterocycles. The van der Waals surface area contributed by atoms with E-state index in [0.717, 1.165) is 10.0 Å². The maximum atomic E-state index is 8.91. The van der Waals surface area contributed by atoms with Crippen molar-refractivity contribution >= 4 is 15.9 Å². The summed E-state index contributed by atoms with van der Waals surface area (Å²) in [5, 5.41) is 16.9. The molecule has 0 aliphatic rings. The maximum absolute atomic E-state index is 8.91. The fourth-order valence-corrected chi connectivity index (χ4v) is 2.51. The molecule has 24 heavy (non-hydrogen) atoms. The van der Waals surface area contributed by atoms with Crippen LogP contribution in [0.5, 0.6) is 11.5 Å². The number of rotatable bonds is 5. The summed E-state index contributed by atoms with van der Waals surface area (Å²) in [6, 6.07) is 14.6. The second kappa shape index (κ2) is 7.15. The molecule has 0 amide bonds. The molecule has 0 aliphatic heterocycles. The van der Waals surface area contributed by atoms with Gasteiger partial charge >= 0.3 is 0 Å². The van der Waals surface area contributed by atoms with Gasteiger partial charge in [-0.3, -0.25) is 0 Å². The highest BCUT2D eigenvalue weighted by molar-refractivity contribution is 9.10. The molecule has 0 fully saturated rings. The number of methoxy groups -OCH3 is 1. The minimum Gasteiger partial charge on any atom is -0.493 e. The summed E-state index contributed by atoms with van der Waals surface area (Å²) in [7, 11) is 1.51. The van der Waals surface area contributed by atoms with Gasteiger partial charge in [-0.05, 0) is 40.2 Å². The predicted octanol–water partition coefficient (Wildman–Crippen LogP) is 3.96. The quantitative estimate of drug-likeness (QED) is 0.660. The molecule has 1 aromatic heterocycles. The van der Waals surface area contributed by atoms with Gasteiger partial charge in [0.1, 0.15) is 0 Å². The van der Waals surface area contributed by atoms with Crippen LogP contribution in [0.3, 0.4) is 0 Å². The fourth-order valence-electron chi connectivity index (χ4n) is 2.05. The first-order valence-electron chi connectivity index (χ1n) is 6.99. The number of nitrogens with zero attached hydrogens (tertiary/aromatic N) is 3. The molecule has 0 saturated carbocycles. The summed E-state index contributed by atoms with van der Waals surface area (Å²) in [4.78, 5) is 0. The lowest BCUT2D eigenvalue weighted by Gasteiger charge is -2.08. The number of aromatic nitrogens is 2. The SMILES string of the molecule is COc1cc(C#N)ccc1OCc1nnc(-c2ccccc2Br)o1. The van der Waals surface area contributed by atoms with Crippen LogP contribution in [0.2, 0.25) is 0 Å². The third kappa shape index (κ3) is 3.39. The molecule has 0 unspecified atom stereocenters. The molecule has 0 bridgehead atoms. The zero-order chi connectivity index (χ0) is 16.9. The molecule has 6 nitrogen and oxygen atoms in total. The zero-order valence-electron chi connectivity index (χ0n) is 12.7. The Morgan fingerprint density at radius 3 is 2.75 bits per heavy atom. The Kier molecular flexibility index (Phi) is 4.77. The van der Waals surface area contributed by atoms with Crippen LogP contribution >= 0.6 is 15.9 Å². The van der Waals surface area contributed by atoms with Gasteiger partial charge in [-0.15, -0.1) is 10.2 Å². The number of hydrogen-bond donors (Lipinski definition) is 0. The zero-order valence-corrected chi connectivity index (χ0v) is 14.3. The summed E-state index contributed by atoms with van der Waals surface area (Å²) in [6.07, 6.45) is 0. The normalized spacial score (nSPS) is 10.2. The molecule has 3 aromatic rings. The molecule has 120 valence electrons. The van der Waals surface area contributed by atoms with Crippen LogP contribution in [-0.2, 0) is 6.61 Å². The Labute approximate surface area is 146 Å². The molecule has 1 heterocycles. The van der Waals surface area contributed by atoms with Gasteiger partial charge in [-0.25, -0.2) is 0 Å². The third-order valence-corrected chi connectivity index (χ3v) is 3.91. The molecule has 0 N–H and O–H groups in total. The van der Waals surface area contributed by atoms with Crippen LogP contribution in [0.25, 0.3) is 11.5 Å². The highest BCUT2D eigenvalue weighted by Gasteiger charge is 2.13. The van der Waals surface area contributed by atoms with Gasteiger partial charge in [0.05, 0.1) is 24.3 Å². The predicted molar refractivity (Wildman–Crippen MR) is 89.5 cm³/mol. The lowest BCUT2D eigenvalue weighted by molar-refractivity contribution is 0.251. The lowest BCUT2D eigenvalue weighted by Crippen LogP contribution is -1.98. The molecule has 2 aromatic carbocycles. The fraction of sp³-hybridized carbons (Fsp3) is 0.118. The highest BCUT2D eigenvalue weighted by atomic mass is 79.9. The van der Waals surface area contributed by atoms with Crippen LogP contribution in [0.4, 0.5) is 0 Å². The molecule has 0 atom stereocenters. The largest absolute Gasteiger partial charge is 0.493 e. The molecular weight excluding hydrogens is 374 g/mol. The van der Waals surface area contributed by atoms with E-state index in [1.807, 2.05) is 30.3 Å². The summed E-state index contributed by atoms with van der Waals surface area (Å²) >= 11 is 3.45. The third-order valence-electron chi connectivity index (χ3n) is 3.21. The average Bonchev–Trinajstić information content (AvgIpc) is 3.09. The first-order valence-corrected chi connectivity index (χ1v) is 7.79. The van der Waals surface area contributed by atoms with Crippen molar-refractivity contribution < 1.29 is 13.9 Å². The van der Waals surface area contributed by atoms with E-state index in [2.05, 4.69) is 26.1 Å². The molecule has 0 radical (unpaired) electrons. The second-order valence-corrected chi connectivity index (χ2v) is 5.60. The number of ether oxygens (including phenoxy) is 2. The van der Waals surface area contributed by atoms with Crippen molar-refractivity contribution in [1.82, 2.24) is 10.2 Å². The van der Waals surface area contributed by atoms with Gasteiger partial charge in [0.25, 0.3) is 5.89 Å². The van der Waals surface area contributed by atoms with Gasteiger partial charge in [-0.1, -0.05) is 12.1 Å². The van der Waals surface area contributed by atoms with Crippen molar-refractivity contribution in [3.8, 4) is 29.0 Å². The van der Waals surface area contributed by atoms with Crippen LogP contribution in [0.15, 0.2) is 51.4 Å². The monoisotopic (exact) mass is 385 g/mol. The Balaban J connectivity index is 1.75. The number of hydrogen-bond acceptors (Lipinski definition) is 6. The van der Waals surface area contributed by atoms with Crippen molar-refractivity contribution in [2.24, 2.45) is 0 Å². The van der Waals surface area contributed by atoms with Gasteiger partial charge in [0.2, 0.25) is 5.89 Å². The second-order valence-electron chi connectivity index (χ2n) is 4.75. The van der Waals surface area contributed by atoms with E-state index in [9.17, 15) is 0 Å². The van der Waals surface area contributed by atoms with Crippen LogP contribution in [0.1, 0.15) is 11.5 Å². The Bertz CT molecular complexity index is 902. The van der Waals surface area contributed by atoms with E-state index in [-0.39, 0.29) is 6.61 Å². The van der Waals surface area contributed by atoms with Gasteiger partial charge in [-0.2, -0.15) is 5.26 Å². The van der Waals surface area contributed by atoms with Crippen LogP contribution < -0.4 is 9.47 Å². The van der Waals surface area contributed by atoms with Crippen LogP contribution in [-0.4, -0.2) is 17.3 Å². The smallest absolute Gasteiger partial charge is 0.254 e. The number of benzene rings is 2. The summed E-state index contributed by atoms with van der Waals surface area (Å²) in [5.74, 6) is 1.72. The van der Waals surface area contributed by atoms with E-state index in [0.29, 0.717) is 28.8 Å². The Morgan fingerprint density at radius 1 is 1.17 bits per heavy atom. The van der Waals surface area contributed by atoms with Crippen LogP contribution in [0, 0.1) is 11.3 Å². The topological polar surface area (TPSA) is 81.2 Å². The number of nitriles is 1. The average molecular weight is 386 g/mol. The first-order chi connectivity index (χ1) is 11.7. The molecule has 0 aliphatic carbocycles. The summed E-state index contributed by atoms with van der Waals surface area (Å²) in [6.45, 7) is 0.0969. The highest BCUT2D eigenvalue weighted by Crippen LogP contribution is 2.29. The molecule has 7 heteroatoms. The van der Waals surface area contributed by atoms with Crippen molar-refractivity contribution in [3.63, 3.8) is 0 Å². The first kappa shape index (κ1) is 16.0. The van der Waals surface area contributed by atoms with Crippen molar-refractivity contribution in [2.75, 3.05) is 7.11 Å². The number of halogens is 1. The minimum atomic E-state index is 0.0969. The van der Waals surface area contributed by atoms with E-state index in [4.69, 9.17) is 19.2 Å². The van der Waals surface area contributed by atoms with E-state index in [1.165, 1.54) is 7.11 Å². The van der Waals surface area contributed by atoms with Gasteiger partial charge in [0.15, 0.2) is 18.1 Å². The van der Waals surface area contributed by atoms with Crippen molar-refractivity contribution in [1.29, 1.82) is 5.26 Å². The Morgan fingerprint density at radius 2 is 2.00 bits per heavy atom. The summed E-state index contributed by atoms with van der Waals surface area (Å²) in [5.41, 5.74) is 1.31. The van der Waals surface area contributed by atoms with Gasteiger partial charge < -0.3 is 13.9 Å². The van der Waals surface area contributed by atoms with Gasteiger partial charge in [0, 0.05) is 10.5 Å². The lowest BCUT2D eigenvalue weighted by atomic mass is 10.2. The van der Waals surface area contributed by atoms with Crippen molar-refractivity contribution in [2.45, 2.75) is 6.61 Å². The van der Waals surface area contributed by atoms with E-state index in [1.54, 1.807) is 18.2 Å². The molecule has 0 spiro atoms. The van der Waals surface area contributed by atoms with E-state index < -0.39 is 0 Å². The standard InChI is InChI=1S/C17H12BrN3O3/c1-22-15-8-11(9-19)6-7-14(15)23-10-16-20-21-17(24-16)12-4-2-3-5-13(12)18/h2-8H,10H2,1H3. The molecular formula is C17H12BrN3O3. The molecule has 3 rings (SSSR count). The maximum Gasteiger partial charge on any atom is 0.254 e. The summed E-state index contributed by atoms with van der Waals surface area (Å²) < 4.78 is 17.4. The van der Waals surface area contributed by atoms with Crippen molar-refractivity contribution in [3.05, 3.63) is 58.4 Å².